The van der Waals surface area contributed by atoms with E-state index in [2.05, 4.69) is 15.0 Å². The van der Waals surface area contributed by atoms with Gasteiger partial charge in [-0.2, -0.15) is 4.98 Å². The second-order valence-corrected chi connectivity index (χ2v) is 6.88. The third-order valence-electron chi connectivity index (χ3n) is 5.11. The molecule has 3 heterocycles. The number of imidazole rings is 1. The fourth-order valence-electron chi connectivity index (χ4n) is 3.55. The first-order valence-corrected chi connectivity index (χ1v) is 8.40. The van der Waals surface area contributed by atoms with E-state index in [1.54, 1.807) is 0 Å². The van der Waals surface area contributed by atoms with Crippen LogP contribution in [0.5, 0.6) is 0 Å². The van der Waals surface area contributed by atoms with Crippen molar-refractivity contribution in [2.75, 3.05) is 5.73 Å². The van der Waals surface area contributed by atoms with Crippen molar-refractivity contribution in [3.05, 3.63) is 16.7 Å². The van der Waals surface area contributed by atoms with Gasteiger partial charge in [0, 0.05) is 0 Å². The van der Waals surface area contributed by atoms with Crippen LogP contribution in [0.2, 0.25) is 0 Å². The molecule has 1 aliphatic heterocycles. The number of ketones is 3. The van der Waals surface area contributed by atoms with E-state index >= 15 is 0 Å². The van der Waals surface area contributed by atoms with Crippen molar-refractivity contribution in [2.24, 2.45) is 0 Å². The van der Waals surface area contributed by atoms with Crippen molar-refractivity contribution in [1.29, 1.82) is 0 Å². The number of aromatic amines is 1. The number of anilines is 1. The minimum atomic E-state index is -2.99. The lowest BCUT2D eigenvalue weighted by Crippen LogP contribution is -2.67. The maximum absolute atomic E-state index is 12.4. The monoisotopic (exact) mass is 409 g/mol. The van der Waals surface area contributed by atoms with Crippen LogP contribution in [-0.2, 0) is 19.1 Å². The second kappa shape index (κ2) is 6.52. The number of carbonyl (C=O) groups excluding carboxylic acids is 3. The van der Waals surface area contributed by atoms with Gasteiger partial charge in [-0.15, -0.1) is 0 Å². The number of aromatic nitrogens is 4. The van der Waals surface area contributed by atoms with E-state index in [0.717, 1.165) is 31.7 Å². The van der Waals surface area contributed by atoms with Crippen LogP contribution in [0.15, 0.2) is 11.1 Å². The van der Waals surface area contributed by atoms with Gasteiger partial charge in [-0.1, -0.05) is 0 Å². The number of aliphatic hydroxyl groups is 3. The standard InChI is InChI=1S/C16H19N5O8/c1-5(22)9(25)10-15(27,6(2)23)16(28,7(3)24)13(29-10)21-4-18-8-11(21)19-14(17)20-12(8)26/h4,9-10,13,25,27-28H,1-3H3,(H3,17,19,20,26)/t9?,10?,13?,15-,16+/m1/s1. The van der Waals surface area contributed by atoms with E-state index in [4.69, 9.17) is 10.5 Å². The molecule has 0 radical (unpaired) electrons. The normalized spacial score (nSPS) is 30.4. The van der Waals surface area contributed by atoms with E-state index in [9.17, 15) is 34.5 Å². The molecule has 0 aromatic carbocycles. The highest BCUT2D eigenvalue weighted by Gasteiger charge is 2.73. The molecule has 2 aromatic rings. The fraction of sp³-hybridized carbons (Fsp3) is 0.500. The molecular weight excluding hydrogens is 390 g/mol. The summed E-state index contributed by atoms with van der Waals surface area (Å²) in [5, 5.41) is 32.5. The van der Waals surface area contributed by atoms with Crippen molar-refractivity contribution in [3.8, 4) is 0 Å². The molecule has 6 N–H and O–H groups in total. The Balaban J connectivity index is 2.32. The van der Waals surface area contributed by atoms with E-state index in [0.29, 0.717) is 0 Å². The molecule has 0 spiro atoms. The highest BCUT2D eigenvalue weighted by Crippen LogP contribution is 2.48. The Kier molecular flexibility index (Phi) is 4.66. The van der Waals surface area contributed by atoms with Crippen LogP contribution in [-0.4, -0.2) is 75.6 Å². The molecule has 0 saturated carbocycles. The van der Waals surface area contributed by atoms with E-state index in [1.807, 2.05) is 0 Å². The molecule has 3 rings (SSSR count). The van der Waals surface area contributed by atoms with Gasteiger partial charge in [-0.3, -0.25) is 28.7 Å². The summed E-state index contributed by atoms with van der Waals surface area (Å²) >= 11 is 0. The number of Topliss-reactive ketones (excluding diaryl/α,β-unsaturated/α-hetero) is 3. The largest absolute Gasteiger partial charge is 0.382 e. The van der Waals surface area contributed by atoms with Crippen LogP contribution in [0.25, 0.3) is 11.2 Å². The van der Waals surface area contributed by atoms with Gasteiger partial charge < -0.3 is 25.8 Å². The van der Waals surface area contributed by atoms with E-state index < -0.39 is 52.5 Å². The predicted molar refractivity (Wildman–Crippen MR) is 94.4 cm³/mol. The molecule has 3 unspecified atom stereocenters. The van der Waals surface area contributed by atoms with Crippen LogP contribution in [0.4, 0.5) is 5.95 Å². The number of nitrogens with two attached hydrogens (primary N) is 1. The first kappa shape index (κ1) is 20.7. The molecule has 5 atom stereocenters. The number of fused-ring (bicyclic) bond motifs is 1. The molecule has 1 saturated heterocycles. The molecule has 1 fully saturated rings. The molecule has 2 aromatic heterocycles. The number of aliphatic hydroxyl groups excluding tert-OH is 1. The van der Waals surface area contributed by atoms with Gasteiger partial charge in [0.1, 0.15) is 12.2 Å². The van der Waals surface area contributed by atoms with Gasteiger partial charge in [0.25, 0.3) is 5.56 Å². The van der Waals surface area contributed by atoms with Crippen LogP contribution >= 0.6 is 0 Å². The zero-order valence-electron chi connectivity index (χ0n) is 15.6. The topological polar surface area (TPSA) is 211 Å². The minimum absolute atomic E-state index is 0.222. The summed E-state index contributed by atoms with van der Waals surface area (Å²) in [4.78, 5) is 58.4. The molecule has 13 heteroatoms. The quantitative estimate of drug-likeness (QED) is 0.340. The van der Waals surface area contributed by atoms with Crippen LogP contribution < -0.4 is 11.3 Å². The molecular formula is C16H19N5O8. The number of ether oxygens (including phenoxy) is 1. The zero-order chi connectivity index (χ0) is 21.9. The lowest BCUT2D eigenvalue weighted by Gasteiger charge is -2.37. The molecule has 156 valence electrons. The molecule has 0 bridgehead atoms. The zero-order valence-corrected chi connectivity index (χ0v) is 15.6. The number of nitrogen functional groups attached to an aromatic ring is 1. The average Bonchev–Trinajstić information content (AvgIpc) is 3.13. The lowest BCUT2D eigenvalue weighted by molar-refractivity contribution is -0.184. The smallest absolute Gasteiger partial charge is 0.280 e. The number of hydrogen-bond acceptors (Lipinski definition) is 11. The highest BCUT2D eigenvalue weighted by molar-refractivity contribution is 6.00. The molecule has 1 aliphatic rings. The molecule has 13 nitrogen and oxygen atoms in total. The summed E-state index contributed by atoms with van der Waals surface area (Å²) in [5.41, 5.74) is -1.58. The first-order chi connectivity index (χ1) is 13.4. The van der Waals surface area contributed by atoms with Crippen LogP contribution in [0.1, 0.15) is 27.0 Å². The molecule has 0 amide bonds. The number of nitrogens with one attached hydrogen (secondary N) is 1. The highest BCUT2D eigenvalue weighted by atomic mass is 16.6. The Morgan fingerprint density at radius 3 is 2.34 bits per heavy atom. The Morgan fingerprint density at radius 2 is 1.83 bits per heavy atom. The van der Waals surface area contributed by atoms with Crippen molar-refractivity contribution >= 4 is 34.5 Å². The summed E-state index contributed by atoms with van der Waals surface area (Å²) in [6.45, 7) is 2.73. The maximum Gasteiger partial charge on any atom is 0.280 e. The summed E-state index contributed by atoms with van der Waals surface area (Å²) in [6.07, 6.45) is -4.93. The van der Waals surface area contributed by atoms with Crippen LogP contribution in [0, 0.1) is 0 Å². The Morgan fingerprint density at radius 1 is 1.24 bits per heavy atom. The van der Waals surface area contributed by atoms with Crippen molar-refractivity contribution < 1.29 is 34.4 Å². The SMILES string of the molecule is CC(=O)C(O)C1OC(n2cnc3c(=O)[nH]c(N)nc32)[C@@](O)(C(C)=O)[C@@]1(O)C(C)=O. The van der Waals surface area contributed by atoms with E-state index in [1.165, 1.54) is 0 Å². The third kappa shape index (κ3) is 2.62. The summed E-state index contributed by atoms with van der Waals surface area (Å²) in [5.74, 6) is -3.41. The van der Waals surface area contributed by atoms with Gasteiger partial charge >= 0.3 is 0 Å². The van der Waals surface area contributed by atoms with Crippen molar-refractivity contribution in [3.63, 3.8) is 0 Å². The van der Waals surface area contributed by atoms with Crippen LogP contribution in [0.3, 0.4) is 0 Å². The number of hydrogen-bond donors (Lipinski definition) is 5. The minimum Gasteiger partial charge on any atom is -0.382 e. The summed E-state index contributed by atoms with van der Waals surface area (Å²) < 4.78 is 6.41. The number of H-pyrrole nitrogens is 1. The van der Waals surface area contributed by atoms with Gasteiger partial charge in [0.05, 0.1) is 6.33 Å². The first-order valence-electron chi connectivity index (χ1n) is 8.40. The number of rotatable bonds is 5. The van der Waals surface area contributed by atoms with Gasteiger partial charge in [0.15, 0.2) is 40.3 Å². The number of nitrogens with zero attached hydrogens (tertiary/aromatic N) is 3. The number of carbonyl (C=O) groups is 3. The van der Waals surface area contributed by atoms with Gasteiger partial charge in [-0.05, 0) is 20.8 Å². The third-order valence-corrected chi connectivity index (χ3v) is 5.11. The van der Waals surface area contributed by atoms with Gasteiger partial charge in [0.2, 0.25) is 11.5 Å². The Hall–Kier alpha value is -3.00. The van der Waals surface area contributed by atoms with Crippen molar-refractivity contribution in [1.82, 2.24) is 19.5 Å². The maximum atomic E-state index is 12.4. The predicted octanol–water partition coefficient (Wildman–Crippen LogP) is -2.81. The summed E-state index contributed by atoms with van der Waals surface area (Å²) in [6, 6.07) is 0. The van der Waals surface area contributed by atoms with Crippen molar-refractivity contribution in [2.45, 2.75) is 50.4 Å². The summed E-state index contributed by atoms with van der Waals surface area (Å²) in [7, 11) is 0. The molecule has 29 heavy (non-hydrogen) atoms. The Labute approximate surface area is 162 Å². The van der Waals surface area contributed by atoms with Gasteiger partial charge in [-0.25, -0.2) is 4.98 Å². The fourth-order valence-corrected chi connectivity index (χ4v) is 3.55. The lowest BCUT2D eigenvalue weighted by atomic mass is 9.73. The average molecular weight is 409 g/mol. The Bertz CT molecular complexity index is 1090. The second-order valence-electron chi connectivity index (χ2n) is 6.88. The molecule has 0 aliphatic carbocycles. The van der Waals surface area contributed by atoms with E-state index in [-0.39, 0.29) is 17.1 Å².